The van der Waals surface area contributed by atoms with Crippen molar-refractivity contribution >= 4 is 5.69 Å². The Hall–Kier alpha value is -1.91. The van der Waals surface area contributed by atoms with Crippen molar-refractivity contribution in [2.75, 3.05) is 5.73 Å². The minimum Gasteiger partial charge on any atom is -0.398 e. The molecular weight excluding hydrogens is 178 g/mol. The molecule has 0 aliphatic rings. The molecule has 2 rings (SSSR count). The minimum absolute atomic E-state index is 0.692. The number of nitrogen functional groups attached to an aromatic ring is 1. The lowest BCUT2D eigenvalue weighted by Crippen LogP contribution is -2.01. The molecule has 0 unspecified atom stereocenters. The molecule has 5 heteroatoms. The van der Waals surface area contributed by atoms with Crippen LogP contribution >= 0.6 is 0 Å². The molecule has 14 heavy (non-hydrogen) atoms. The monoisotopic (exact) mass is 189 g/mol. The van der Waals surface area contributed by atoms with Gasteiger partial charge in [-0.15, -0.1) is 5.10 Å². The van der Waals surface area contributed by atoms with Crippen LogP contribution < -0.4 is 5.73 Å². The third-order valence-corrected chi connectivity index (χ3v) is 2.05. The summed E-state index contributed by atoms with van der Waals surface area (Å²) in [6.45, 7) is 2.77. The summed E-state index contributed by atoms with van der Waals surface area (Å²) in [5, 5.41) is 7.78. The van der Waals surface area contributed by atoms with E-state index in [-0.39, 0.29) is 0 Å². The van der Waals surface area contributed by atoms with Gasteiger partial charge in [-0.2, -0.15) is 0 Å². The van der Waals surface area contributed by atoms with Crippen LogP contribution in [-0.4, -0.2) is 20.0 Å². The fraction of sp³-hybridized carbons (Fsp3) is 0.222. The fourth-order valence-corrected chi connectivity index (χ4v) is 1.32. The summed E-state index contributed by atoms with van der Waals surface area (Å²) < 4.78 is 1.79. The van der Waals surface area contributed by atoms with E-state index in [1.807, 2.05) is 6.92 Å². The van der Waals surface area contributed by atoms with Gasteiger partial charge in [-0.25, -0.2) is 4.68 Å². The Morgan fingerprint density at radius 1 is 1.43 bits per heavy atom. The van der Waals surface area contributed by atoms with Crippen LogP contribution in [0.4, 0.5) is 5.69 Å². The molecule has 0 bridgehead atoms. The number of anilines is 1. The second kappa shape index (κ2) is 3.45. The number of aromatic nitrogens is 4. The van der Waals surface area contributed by atoms with Crippen LogP contribution in [0.25, 0.3) is 11.3 Å². The van der Waals surface area contributed by atoms with E-state index in [1.165, 1.54) is 0 Å². The number of hydrogen-bond acceptors (Lipinski definition) is 4. The maximum Gasteiger partial charge on any atom is 0.0921 e. The van der Waals surface area contributed by atoms with Gasteiger partial charge in [0.15, 0.2) is 0 Å². The van der Waals surface area contributed by atoms with Gasteiger partial charge >= 0.3 is 0 Å². The zero-order valence-corrected chi connectivity index (χ0v) is 7.88. The molecular formula is C9H11N5. The van der Waals surface area contributed by atoms with Crippen LogP contribution in [-0.2, 0) is 6.54 Å². The Morgan fingerprint density at radius 3 is 3.00 bits per heavy atom. The Bertz CT molecular complexity index is 434. The molecule has 2 heterocycles. The fourth-order valence-electron chi connectivity index (χ4n) is 1.32. The van der Waals surface area contributed by atoms with Crippen molar-refractivity contribution in [2.45, 2.75) is 13.5 Å². The molecule has 0 saturated carbocycles. The van der Waals surface area contributed by atoms with E-state index in [1.54, 1.807) is 29.3 Å². The average Bonchev–Trinajstić information content (AvgIpc) is 2.66. The summed E-state index contributed by atoms with van der Waals surface area (Å²) in [6.07, 6.45) is 5.08. The molecule has 2 aromatic rings. The highest BCUT2D eigenvalue weighted by Crippen LogP contribution is 2.22. The highest BCUT2D eigenvalue weighted by atomic mass is 15.4. The summed E-state index contributed by atoms with van der Waals surface area (Å²) >= 11 is 0. The second-order valence-corrected chi connectivity index (χ2v) is 2.90. The molecule has 2 aromatic heterocycles. The third-order valence-electron chi connectivity index (χ3n) is 2.05. The van der Waals surface area contributed by atoms with Crippen molar-refractivity contribution in [3.05, 3.63) is 24.7 Å². The first-order valence-corrected chi connectivity index (χ1v) is 4.41. The van der Waals surface area contributed by atoms with Gasteiger partial charge in [0.2, 0.25) is 0 Å². The van der Waals surface area contributed by atoms with E-state index in [2.05, 4.69) is 15.3 Å². The Labute approximate surface area is 81.6 Å². The van der Waals surface area contributed by atoms with Crippen molar-refractivity contribution in [3.8, 4) is 11.3 Å². The topological polar surface area (TPSA) is 69.6 Å². The molecule has 72 valence electrons. The van der Waals surface area contributed by atoms with Crippen LogP contribution in [0.3, 0.4) is 0 Å². The molecule has 0 aromatic carbocycles. The first-order chi connectivity index (χ1) is 6.83. The van der Waals surface area contributed by atoms with E-state index in [9.17, 15) is 0 Å². The highest BCUT2D eigenvalue weighted by molar-refractivity contribution is 5.71. The Balaban J connectivity index is 2.54. The maximum absolute atomic E-state index is 5.83. The Kier molecular flexibility index (Phi) is 2.14. The SMILES string of the molecule is CCn1nncc1-c1cnccc1N. The number of nitrogens with two attached hydrogens (primary N) is 1. The number of rotatable bonds is 2. The molecule has 0 amide bonds. The maximum atomic E-state index is 5.83. The normalized spacial score (nSPS) is 10.4. The number of pyridine rings is 1. The summed E-state index contributed by atoms with van der Waals surface area (Å²) in [5.74, 6) is 0. The third kappa shape index (κ3) is 1.32. The first-order valence-electron chi connectivity index (χ1n) is 4.41. The summed E-state index contributed by atoms with van der Waals surface area (Å²) in [5.41, 5.74) is 8.29. The highest BCUT2D eigenvalue weighted by Gasteiger charge is 2.07. The molecule has 5 nitrogen and oxygen atoms in total. The van der Waals surface area contributed by atoms with E-state index >= 15 is 0 Å². The van der Waals surface area contributed by atoms with Gasteiger partial charge in [0.25, 0.3) is 0 Å². The molecule has 0 radical (unpaired) electrons. The smallest absolute Gasteiger partial charge is 0.0921 e. The number of nitrogens with zero attached hydrogens (tertiary/aromatic N) is 4. The van der Waals surface area contributed by atoms with Crippen molar-refractivity contribution in [2.24, 2.45) is 0 Å². The van der Waals surface area contributed by atoms with Crippen LogP contribution in [0.2, 0.25) is 0 Å². The lowest BCUT2D eigenvalue weighted by atomic mass is 10.2. The van der Waals surface area contributed by atoms with Crippen LogP contribution in [0.1, 0.15) is 6.92 Å². The summed E-state index contributed by atoms with van der Waals surface area (Å²) in [7, 11) is 0. The minimum atomic E-state index is 0.692. The molecule has 0 spiro atoms. The van der Waals surface area contributed by atoms with Crippen LogP contribution in [0.5, 0.6) is 0 Å². The average molecular weight is 189 g/mol. The van der Waals surface area contributed by atoms with E-state index in [0.29, 0.717) is 5.69 Å². The van der Waals surface area contributed by atoms with Gasteiger partial charge in [-0.05, 0) is 13.0 Å². The number of hydrogen-bond donors (Lipinski definition) is 1. The predicted molar refractivity (Wildman–Crippen MR) is 53.3 cm³/mol. The van der Waals surface area contributed by atoms with Gasteiger partial charge in [0.1, 0.15) is 0 Å². The van der Waals surface area contributed by atoms with E-state index < -0.39 is 0 Å². The van der Waals surface area contributed by atoms with Crippen LogP contribution in [0.15, 0.2) is 24.7 Å². The zero-order chi connectivity index (χ0) is 9.97. The van der Waals surface area contributed by atoms with Crippen molar-refractivity contribution < 1.29 is 0 Å². The summed E-state index contributed by atoms with van der Waals surface area (Å²) in [6, 6.07) is 1.77. The molecule has 0 atom stereocenters. The van der Waals surface area contributed by atoms with Crippen LogP contribution in [0, 0.1) is 0 Å². The van der Waals surface area contributed by atoms with Gasteiger partial charge in [-0.1, -0.05) is 5.21 Å². The molecule has 0 fully saturated rings. The van der Waals surface area contributed by atoms with Crippen molar-refractivity contribution in [1.29, 1.82) is 0 Å². The zero-order valence-electron chi connectivity index (χ0n) is 7.88. The summed E-state index contributed by atoms with van der Waals surface area (Å²) in [4.78, 5) is 4.03. The molecule has 0 saturated heterocycles. The van der Waals surface area contributed by atoms with E-state index in [0.717, 1.165) is 17.8 Å². The largest absolute Gasteiger partial charge is 0.398 e. The van der Waals surface area contributed by atoms with Gasteiger partial charge in [-0.3, -0.25) is 4.98 Å². The van der Waals surface area contributed by atoms with Gasteiger partial charge in [0.05, 0.1) is 11.9 Å². The standard InChI is InChI=1S/C9H11N5/c1-2-14-9(6-12-13-14)7-5-11-4-3-8(7)10/h3-6H,2H2,1H3,(H2,10,11). The molecule has 0 aliphatic carbocycles. The second-order valence-electron chi connectivity index (χ2n) is 2.90. The molecule has 2 N–H and O–H groups in total. The first kappa shape index (κ1) is 8.68. The van der Waals surface area contributed by atoms with Crippen molar-refractivity contribution in [3.63, 3.8) is 0 Å². The lowest BCUT2D eigenvalue weighted by molar-refractivity contribution is 0.632. The molecule has 0 aliphatic heterocycles. The Morgan fingerprint density at radius 2 is 2.29 bits per heavy atom. The van der Waals surface area contributed by atoms with Gasteiger partial charge in [0, 0.05) is 30.2 Å². The van der Waals surface area contributed by atoms with E-state index in [4.69, 9.17) is 5.73 Å². The number of aryl methyl sites for hydroxylation is 1. The predicted octanol–water partition coefficient (Wildman–Crippen LogP) is 0.942. The lowest BCUT2D eigenvalue weighted by Gasteiger charge is -2.04. The quantitative estimate of drug-likeness (QED) is 0.763. The van der Waals surface area contributed by atoms with Gasteiger partial charge < -0.3 is 5.73 Å². The van der Waals surface area contributed by atoms with Crippen molar-refractivity contribution in [1.82, 2.24) is 20.0 Å².